The van der Waals surface area contributed by atoms with Gasteiger partial charge in [0.2, 0.25) is 0 Å². The van der Waals surface area contributed by atoms with Crippen LogP contribution in [0.15, 0.2) is 29.3 Å². The van der Waals surface area contributed by atoms with E-state index in [1.165, 1.54) is 7.11 Å². The minimum absolute atomic E-state index is 0.0202. The number of rotatable bonds is 4. The molecule has 1 aromatic heterocycles. The summed E-state index contributed by atoms with van der Waals surface area (Å²) in [6.07, 6.45) is -6.19. The van der Waals surface area contributed by atoms with Gasteiger partial charge in [-0.25, -0.2) is 4.39 Å². The Kier molecular flexibility index (Phi) is 6.55. The summed E-state index contributed by atoms with van der Waals surface area (Å²) in [5, 5.41) is 0. The lowest BCUT2D eigenvalue weighted by Crippen LogP contribution is -2.33. The highest BCUT2D eigenvalue weighted by Gasteiger charge is 2.33. The number of benzene rings is 1. The van der Waals surface area contributed by atoms with Crippen molar-refractivity contribution in [1.29, 1.82) is 0 Å². The molecule has 1 saturated heterocycles. The maximum absolute atomic E-state index is 14.2. The number of carbonyl (C=O) groups excluding carboxylic acids is 1. The molecular weight excluding hydrogens is 430 g/mol. The highest BCUT2D eigenvalue weighted by molar-refractivity contribution is 5.97. The molecule has 0 aliphatic carbocycles. The van der Waals surface area contributed by atoms with Gasteiger partial charge in [-0.1, -0.05) is 20.8 Å². The van der Waals surface area contributed by atoms with E-state index in [9.17, 15) is 22.4 Å². The Bertz CT molecular complexity index is 1060. The van der Waals surface area contributed by atoms with Crippen LogP contribution in [0, 0.1) is 0 Å². The van der Waals surface area contributed by atoms with E-state index in [1.807, 2.05) is 20.8 Å². The SMILES string of the molecule is COc1ccc(C(F)(F)F)cc1C(=O)N=c1cc(C(C)(C)C)n(C)n1C[C@H]1OCC[C@H]1F. The summed E-state index contributed by atoms with van der Waals surface area (Å²) in [6.45, 7) is 6.32. The first kappa shape index (κ1) is 24.0. The van der Waals surface area contributed by atoms with Crippen molar-refractivity contribution < 1.29 is 31.8 Å². The van der Waals surface area contributed by atoms with Gasteiger partial charge in [0, 0.05) is 30.6 Å². The van der Waals surface area contributed by atoms with E-state index in [4.69, 9.17) is 9.47 Å². The third-order valence-corrected chi connectivity index (χ3v) is 5.46. The summed E-state index contributed by atoms with van der Waals surface area (Å²) in [6, 6.07) is 4.33. The molecule has 0 unspecified atom stereocenters. The summed E-state index contributed by atoms with van der Waals surface area (Å²) in [7, 11) is 3.02. The van der Waals surface area contributed by atoms with E-state index in [0.717, 1.165) is 23.9 Å². The van der Waals surface area contributed by atoms with Gasteiger partial charge in [0.25, 0.3) is 5.91 Å². The molecule has 2 atom stereocenters. The van der Waals surface area contributed by atoms with Crippen LogP contribution in [-0.4, -0.2) is 41.3 Å². The van der Waals surface area contributed by atoms with Crippen molar-refractivity contribution >= 4 is 5.91 Å². The molecule has 2 heterocycles. The zero-order chi connectivity index (χ0) is 23.8. The largest absolute Gasteiger partial charge is 0.496 e. The second-order valence-electron chi connectivity index (χ2n) is 8.79. The highest BCUT2D eigenvalue weighted by Crippen LogP contribution is 2.33. The second-order valence-corrected chi connectivity index (χ2v) is 8.79. The standard InChI is InChI=1S/C22H27F4N3O3/c1-21(2,3)18-11-19(29(28(18)4)12-17-15(23)8-9-32-17)27-20(30)14-10-13(22(24,25)26)6-7-16(14)31-5/h6-7,10-11,15,17H,8-9,12H2,1-5H3/t15-,17-/m1/s1. The number of hydrogen-bond acceptors (Lipinski definition) is 3. The van der Waals surface area contributed by atoms with E-state index >= 15 is 0 Å². The minimum atomic E-state index is -4.62. The number of methoxy groups -OCH3 is 1. The van der Waals surface area contributed by atoms with Crippen molar-refractivity contribution in [3.63, 3.8) is 0 Å². The topological polar surface area (TPSA) is 57.8 Å². The van der Waals surface area contributed by atoms with Gasteiger partial charge in [-0.3, -0.25) is 14.2 Å². The van der Waals surface area contributed by atoms with Gasteiger partial charge in [0.1, 0.15) is 18.0 Å². The maximum Gasteiger partial charge on any atom is 0.416 e. The number of ether oxygens (including phenoxy) is 2. The molecule has 0 bridgehead atoms. The average Bonchev–Trinajstić information content (AvgIpc) is 3.24. The predicted molar refractivity (Wildman–Crippen MR) is 109 cm³/mol. The predicted octanol–water partition coefficient (Wildman–Crippen LogP) is 4.02. The molecule has 1 aliphatic heterocycles. The molecule has 1 amide bonds. The van der Waals surface area contributed by atoms with Gasteiger partial charge < -0.3 is 9.47 Å². The zero-order valence-electron chi connectivity index (χ0n) is 18.7. The minimum Gasteiger partial charge on any atom is -0.496 e. The van der Waals surface area contributed by atoms with E-state index in [2.05, 4.69) is 4.99 Å². The monoisotopic (exact) mass is 457 g/mol. The van der Waals surface area contributed by atoms with Crippen molar-refractivity contribution in [1.82, 2.24) is 9.36 Å². The Hall–Kier alpha value is -2.62. The third kappa shape index (κ3) is 4.90. The Morgan fingerprint density at radius 1 is 1.25 bits per heavy atom. The van der Waals surface area contributed by atoms with Crippen LogP contribution < -0.4 is 10.2 Å². The summed E-state index contributed by atoms with van der Waals surface area (Å²) in [4.78, 5) is 17.1. The number of amides is 1. The number of aromatic nitrogens is 2. The average molecular weight is 457 g/mol. The first-order valence-corrected chi connectivity index (χ1v) is 10.2. The molecule has 0 radical (unpaired) electrons. The van der Waals surface area contributed by atoms with Crippen LogP contribution >= 0.6 is 0 Å². The molecule has 6 nitrogen and oxygen atoms in total. The van der Waals surface area contributed by atoms with Crippen LogP contribution in [0.5, 0.6) is 5.75 Å². The third-order valence-electron chi connectivity index (χ3n) is 5.46. The first-order valence-electron chi connectivity index (χ1n) is 10.2. The molecule has 0 saturated carbocycles. The Balaban J connectivity index is 2.12. The van der Waals surface area contributed by atoms with Crippen LogP contribution in [0.25, 0.3) is 0 Å². The molecule has 1 aliphatic rings. The van der Waals surface area contributed by atoms with E-state index in [0.29, 0.717) is 6.61 Å². The van der Waals surface area contributed by atoms with Crippen LogP contribution in [0.3, 0.4) is 0 Å². The van der Waals surface area contributed by atoms with Gasteiger partial charge in [0.15, 0.2) is 5.49 Å². The molecule has 3 rings (SSSR count). The quantitative estimate of drug-likeness (QED) is 0.652. The molecule has 32 heavy (non-hydrogen) atoms. The van der Waals surface area contributed by atoms with Gasteiger partial charge >= 0.3 is 6.18 Å². The number of nitrogens with zero attached hydrogens (tertiary/aromatic N) is 3. The zero-order valence-corrected chi connectivity index (χ0v) is 18.7. The number of hydrogen-bond donors (Lipinski definition) is 0. The van der Waals surface area contributed by atoms with Gasteiger partial charge in [0.05, 0.1) is 31.4 Å². The highest BCUT2D eigenvalue weighted by atomic mass is 19.4. The van der Waals surface area contributed by atoms with Crippen molar-refractivity contribution in [3.8, 4) is 5.75 Å². The van der Waals surface area contributed by atoms with Gasteiger partial charge in [-0.2, -0.15) is 18.2 Å². The Morgan fingerprint density at radius 2 is 1.94 bits per heavy atom. The summed E-state index contributed by atoms with van der Waals surface area (Å²) >= 11 is 0. The molecule has 1 fully saturated rings. The van der Waals surface area contributed by atoms with Crippen molar-refractivity contribution in [3.05, 3.63) is 46.6 Å². The van der Waals surface area contributed by atoms with Gasteiger partial charge in [-0.15, -0.1) is 0 Å². The van der Waals surface area contributed by atoms with E-state index in [1.54, 1.807) is 22.5 Å². The normalized spacial score (nSPS) is 20.1. The van der Waals surface area contributed by atoms with E-state index in [-0.39, 0.29) is 35.2 Å². The lowest BCUT2D eigenvalue weighted by molar-refractivity contribution is -0.137. The van der Waals surface area contributed by atoms with Crippen LogP contribution in [-0.2, 0) is 29.9 Å². The number of halogens is 4. The lowest BCUT2D eigenvalue weighted by atomic mass is 9.92. The molecule has 0 N–H and O–H groups in total. The van der Waals surface area contributed by atoms with Crippen molar-refractivity contribution in [2.75, 3.05) is 13.7 Å². The Morgan fingerprint density at radius 3 is 2.47 bits per heavy atom. The number of carbonyl (C=O) groups is 1. The molecule has 0 spiro atoms. The lowest BCUT2D eigenvalue weighted by Gasteiger charge is -2.22. The summed E-state index contributed by atoms with van der Waals surface area (Å²) < 4.78 is 67.6. The summed E-state index contributed by atoms with van der Waals surface area (Å²) in [5.74, 6) is -0.912. The van der Waals surface area contributed by atoms with Crippen molar-refractivity contribution in [2.45, 2.75) is 57.6 Å². The maximum atomic E-state index is 14.2. The van der Waals surface area contributed by atoms with Crippen LogP contribution in [0.4, 0.5) is 17.6 Å². The van der Waals surface area contributed by atoms with Gasteiger partial charge in [-0.05, 0) is 18.2 Å². The molecular formula is C22H27F4N3O3. The van der Waals surface area contributed by atoms with Crippen LogP contribution in [0.2, 0.25) is 0 Å². The first-order chi connectivity index (χ1) is 14.8. The smallest absolute Gasteiger partial charge is 0.416 e. The fourth-order valence-corrected chi connectivity index (χ4v) is 3.76. The molecule has 1 aromatic carbocycles. The molecule has 2 aromatic rings. The van der Waals surface area contributed by atoms with E-state index < -0.39 is 29.9 Å². The van der Waals surface area contributed by atoms with Crippen molar-refractivity contribution in [2.24, 2.45) is 12.0 Å². The number of alkyl halides is 4. The molecule has 10 heteroatoms. The molecule has 176 valence electrons. The fourth-order valence-electron chi connectivity index (χ4n) is 3.76. The summed E-state index contributed by atoms with van der Waals surface area (Å²) in [5.41, 5.74) is -0.603. The fraction of sp³-hybridized carbons (Fsp3) is 0.545. The Labute approximate surface area is 183 Å². The second kappa shape index (κ2) is 8.73. The van der Waals surface area contributed by atoms with Crippen LogP contribution in [0.1, 0.15) is 48.8 Å².